The highest BCUT2D eigenvalue weighted by Gasteiger charge is 2.35. The fraction of sp³-hybridized carbons (Fsp3) is 0.375. The van der Waals surface area contributed by atoms with Crippen molar-refractivity contribution in [2.24, 2.45) is 0 Å². The highest BCUT2D eigenvalue weighted by molar-refractivity contribution is 5.15. The Balaban J connectivity index is 1.62. The summed E-state index contributed by atoms with van der Waals surface area (Å²) in [6.07, 6.45) is 3.05. The van der Waals surface area contributed by atoms with Crippen molar-refractivity contribution in [3.8, 4) is 0 Å². The molecule has 2 heterocycles. The zero-order chi connectivity index (χ0) is 13.8. The van der Waals surface area contributed by atoms with E-state index in [1.54, 1.807) is 6.20 Å². The van der Waals surface area contributed by atoms with Crippen LogP contribution in [-0.4, -0.2) is 33.3 Å². The van der Waals surface area contributed by atoms with Gasteiger partial charge in [-0.05, 0) is 30.5 Å². The molecular formula is C16H19N3O. The van der Waals surface area contributed by atoms with Crippen LogP contribution in [0.4, 0.5) is 0 Å². The minimum Gasteiger partial charge on any atom is -0.383 e. The molecule has 1 aromatic carbocycles. The largest absolute Gasteiger partial charge is 0.383 e. The Morgan fingerprint density at radius 3 is 2.45 bits per heavy atom. The minimum atomic E-state index is -0.818. The molecule has 0 saturated carbocycles. The summed E-state index contributed by atoms with van der Waals surface area (Å²) < 4.78 is 0. The molecule has 1 aromatic heterocycles. The van der Waals surface area contributed by atoms with E-state index in [4.69, 9.17) is 0 Å². The van der Waals surface area contributed by atoms with Crippen LogP contribution in [0.1, 0.15) is 24.1 Å². The lowest BCUT2D eigenvalue weighted by molar-refractivity contribution is -0.0317. The summed E-state index contributed by atoms with van der Waals surface area (Å²) in [5.41, 5.74) is 1.19. The van der Waals surface area contributed by atoms with Gasteiger partial charge >= 0.3 is 0 Å². The van der Waals surface area contributed by atoms with Crippen molar-refractivity contribution in [1.29, 1.82) is 0 Å². The Hall–Kier alpha value is -1.78. The predicted octanol–water partition coefficient (Wildman–Crippen LogP) is 1.96. The van der Waals surface area contributed by atoms with E-state index < -0.39 is 5.60 Å². The molecule has 1 N–H and O–H groups in total. The van der Waals surface area contributed by atoms with Gasteiger partial charge in [0.25, 0.3) is 0 Å². The van der Waals surface area contributed by atoms with Crippen molar-refractivity contribution < 1.29 is 5.11 Å². The van der Waals surface area contributed by atoms with Crippen LogP contribution >= 0.6 is 0 Å². The van der Waals surface area contributed by atoms with Gasteiger partial charge < -0.3 is 5.11 Å². The molecule has 1 aliphatic heterocycles. The fourth-order valence-electron chi connectivity index (χ4n) is 2.73. The lowest BCUT2D eigenvalue weighted by Gasteiger charge is -2.37. The molecule has 0 atom stereocenters. The number of piperidine rings is 1. The Kier molecular flexibility index (Phi) is 3.76. The van der Waals surface area contributed by atoms with E-state index in [-0.39, 0.29) is 0 Å². The number of nitrogens with zero attached hydrogens (tertiary/aromatic N) is 3. The molecule has 4 heteroatoms. The van der Waals surface area contributed by atoms with Crippen molar-refractivity contribution in [2.45, 2.75) is 25.0 Å². The van der Waals surface area contributed by atoms with Crippen LogP contribution < -0.4 is 0 Å². The lowest BCUT2D eigenvalue weighted by Crippen LogP contribution is -2.42. The normalized spacial score (nSPS) is 18.9. The topological polar surface area (TPSA) is 49.3 Å². The first-order chi connectivity index (χ1) is 9.76. The van der Waals surface area contributed by atoms with Crippen LogP contribution in [0.2, 0.25) is 0 Å². The van der Waals surface area contributed by atoms with Crippen LogP contribution in [0, 0.1) is 0 Å². The van der Waals surface area contributed by atoms with Crippen molar-refractivity contribution in [3.05, 3.63) is 59.9 Å². The first kappa shape index (κ1) is 13.2. The predicted molar refractivity (Wildman–Crippen MR) is 76.9 cm³/mol. The zero-order valence-corrected chi connectivity index (χ0v) is 11.4. The fourth-order valence-corrected chi connectivity index (χ4v) is 2.73. The summed E-state index contributed by atoms with van der Waals surface area (Å²) in [7, 11) is 0. The van der Waals surface area contributed by atoms with E-state index in [1.807, 2.05) is 18.2 Å². The molecule has 104 valence electrons. The van der Waals surface area contributed by atoms with Crippen molar-refractivity contribution in [3.63, 3.8) is 0 Å². The van der Waals surface area contributed by atoms with Crippen LogP contribution in [-0.2, 0) is 12.1 Å². The van der Waals surface area contributed by atoms with Gasteiger partial charge in [-0.2, -0.15) is 10.2 Å². The quantitative estimate of drug-likeness (QED) is 0.925. The third-order valence-corrected chi connectivity index (χ3v) is 3.98. The summed E-state index contributed by atoms with van der Waals surface area (Å²) in [6.45, 7) is 2.70. The monoisotopic (exact) mass is 269 g/mol. The van der Waals surface area contributed by atoms with Gasteiger partial charge in [-0.3, -0.25) is 4.90 Å². The maximum absolute atomic E-state index is 10.7. The van der Waals surface area contributed by atoms with Gasteiger partial charge in [0.1, 0.15) is 5.60 Å². The Bertz CT molecular complexity index is 536. The number of benzene rings is 1. The van der Waals surface area contributed by atoms with Gasteiger partial charge in [-0.1, -0.05) is 30.3 Å². The summed E-state index contributed by atoms with van der Waals surface area (Å²) in [5, 5.41) is 18.6. The molecule has 20 heavy (non-hydrogen) atoms. The summed E-state index contributed by atoms with van der Waals surface area (Å²) in [5.74, 6) is 0. The van der Waals surface area contributed by atoms with Gasteiger partial charge in [0.05, 0.1) is 5.69 Å². The van der Waals surface area contributed by atoms with Crippen LogP contribution in [0.5, 0.6) is 0 Å². The zero-order valence-electron chi connectivity index (χ0n) is 11.4. The van der Waals surface area contributed by atoms with Gasteiger partial charge in [-0.25, -0.2) is 0 Å². The van der Waals surface area contributed by atoms with Gasteiger partial charge in [0.2, 0.25) is 0 Å². The first-order valence-corrected chi connectivity index (χ1v) is 7.03. The van der Waals surface area contributed by atoms with Crippen molar-refractivity contribution in [2.75, 3.05) is 13.1 Å². The summed E-state index contributed by atoms with van der Waals surface area (Å²) in [4.78, 5) is 2.38. The van der Waals surface area contributed by atoms with E-state index in [0.717, 1.165) is 19.6 Å². The molecule has 3 rings (SSSR count). The van der Waals surface area contributed by atoms with Gasteiger partial charge in [0.15, 0.2) is 0 Å². The standard InChI is InChI=1S/C16H19N3O/c20-16(15-7-4-10-17-18-15)8-11-19(12-9-16)13-14-5-2-1-3-6-14/h1-7,10,20H,8-9,11-13H2. The Morgan fingerprint density at radius 2 is 1.80 bits per heavy atom. The molecule has 0 spiro atoms. The minimum absolute atomic E-state index is 0.694. The number of rotatable bonds is 3. The lowest BCUT2D eigenvalue weighted by atomic mass is 9.88. The number of aliphatic hydroxyl groups is 1. The second kappa shape index (κ2) is 5.69. The van der Waals surface area contributed by atoms with Crippen LogP contribution in [0.15, 0.2) is 48.7 Å². The summed E-state index contributed by atoms with van der Waals surface area (Å²) >= 11 is 0. The maximum atomic E-state index is 10.7. The van der Waals surface area contributed by atoms with E-state index in [0.29, 0.717) is 18.5 Å². The molecular weight excluding hydrogens is 250 g/mol. The van der Waals surface area contributed by atoms with E-state index in [1.165, 1.54) is 5.56 Å². The maximum Gasteiger partial charge on any atom is 0.111 e. The van der Waals surface area contributed by atoms with Gasteiger partial charge in [0, 0.05) is 25.8 Å². The highest BCUT2D eigenvalue weighted by Crippen LogP contribution is 2.31. The Labute approximate surface area is 119 Å². The summed E-state index contributed by atoms with van der Waals surface area (Å²) in [6, 6.07) is 14.1. The van der Waals surface area contributed by atoms with Crippen LogP contribution in [0.3, 0.4) is 0 Å². The molecule has 0 amide bonds. The Morgan fingerprint density at radius 1 is 1.05 bits per heavy atom. The van der Waals surface area contributed by atoms with Crippen molar-refractivity contribution in [1.82, 2.24) is 15.1 Å². The number of aromatic nitrogens is 2. The molecule has 0 radical (unpaired) electrons. The van der Waals surface area contributed by atoms with E-state index in [9.17, 15) is 5.11 Å². The number of likely N-dealkylation sites (tertiary alicyclic amines) is 1. The molecule has 1 aliphatic rings. The molecule has 2 aromatic rings. The molecule has 0 aliphatic carbocycles. The smallest absolute Gasteiger partial charge is 0.111 e. The second-order valence-electron chi connectivity index (χ2n) is 5.40. The molecule has 1 fully saturated rings. The number of hydrogen-bond acceptors (Lipinski definition) is 4. The average Bonchev–Trinajstić information content (AvgIpc) is 2.52. The van der Waals surface area contributed by atoms with Gasteiger partial charge in [-0.15, -0.1) is 0 Å². The van der Waals surface area contributed by atoms with E-state index >= 15 is 0 Å². The molecule has 0 unspecified atom stereocenters. The molecule has 4 nitrogen and oxygen atoms in total. The second-order valence-corrected chi connectivity index (χ2v) is 5.40. The van der Waals surface area contributed by atoms with Crippen LogP contribution in [0.25, 0.3) is 0 Å². The molecule has 1 saturated heterocycles. The van der Waals surface area contributed by atoms with Crippen molar-refractivity contribution >= 4 is 0 Å². The average molecular weight is 269 g/mol. The first-order valence-electron chi connectivity index (χ1n) is 7.03. The SMILES string of the molecule is OC1(c2cccnn2)CCN(Cc2ccccc2)CC1. The third-order valence-electron chi connectivity index (χ3n) is 3.98. The third kappa shape index (κ3) is 2.86. The van der Waals surface area contributed by atoms with E-state index in [2.05, 4.69) is 39.4 Å². The molecule has 0 bridgehead atoms. The highest BCUT2D eigenvalue weighted by atomic mass is 16.3. The number of hydrogen-bond donors (Lipinski definition) is 1.